The first-order valence-corrected chi connectivity index (χ1v) is 11.2. The molecule has 2 atom stereocenters. The number of fused-ring (bicyclic) bond motifs is 1. The minimum absolute atomic E-state index is 0.117. The van der Waals surface area contributed by atoms with Gasteiger partial charge in [-0.1, -0.05) is 12.1 Å². The van der Waals surface area contributed by atoms with Crippen LogP contribution in [0.15, 0.2) is 41.8 Å². The number of urea groups is 1. The topological polar surface area (TPSA) is 107 Å². The molecule has 0 bridgehead atoms. The van der Waals surface area contributed by atoms with Crippen molar-refractivity contribution in [3.63, 3.8) is 0 Å². The Kier molecular flexibility index (Phi) is 6.94. The molecule has 0 radical (unpaired) electrons. The number of nitrogens with zero attached hydrogens (tertiary/aromatic N) is 3. The maximum atomic E-state index is 13.1. The molecule has 32 heavy (non-hydrogen) atoms. The largest absolute Gasteiger partial charge is 0.481 e. The van der Waals surface area contributed by atoms with Gasteiger partial charge in [0, 0.05) is 37.6 Å². The fourth-order valence-corrected chi connectivity index (χ4v) is 4.58. The number of piperidine rings is 1. The number of rotatable bonds is 9. The molecule has 0 aliphatic carbocycles. The molecule has 3 N–H and O–H groups in total. The number of carboxylic acids is 1. The summed E-state index contributed by atoms with van der Waals surface area (Å²) in [6, 6.07) is 2.80. The minimum Gasteiger partial charge on any atom is -0.481 e. The number of carbonyl (C=O) groups is 2. The monoisotopic (exact) mass is 441 g/mol. The summed E-state index contributed by atoms with van der Waals surface area (Å²) in [5.41, 5.74) is 3.29. The van der Waals surface area contributed by atoms with Crippen molar-refractivity contribution in [3.8, 4) is 5.88 Å². The number of hydrogen-bond acceptors (Lipinski definition) is 6. The first kappa shape index (κ1) is 22.1. The van der Waals surface area contributed by atoms with Crippen molar-refractivity contribution in [2.75, 3.05) is 33.3 Å². The molecule has 4 heterocycles. The van der Waals surface area contributed by atoms with Gasteiger partial charge >= 0.3 is 12.0 Å². The predicted molar refractivity (Wildman–Crippen MR) is 119 cm³/mol. The molecule has 0 saturated carbocycles. The Labute approximate surface area is 188 Å². The van der Waals surface area contributed by atoms with E-state index < -0.39 is 12.0 Å². The quantitative estimate of drug-likeness (QED) is 0.540. The molecule has 1 aromatic heterocycles. The van der Waals surface area contributed by atoms with Crippen molar-refractivity contribution in [1.82, 2.24) is 25.4 Å². The molecule has 9 nitrogen and oxygen atoms in total. The standard InChI is InChI=1S/C23H31N5O4/c1-32-20-9-7-17(15-25-20)19(14-21(29)30)28-13-12-27(23(28)31)11-3-5-18-8-6-16-4-2-10-24-22(16)26-18/h6-9,15,19,22,24,26H,2-5,10-14H2,1H3,(H,29,30)/t19-,22?/m1/s1. The van der Waals surface area contributed by atoms with E-state index in [2.05, 4.69) is 27.8 Å². The van der Waals surface area contributed by atoms with E-state index in [0.717, 1.165) is 25.8 Å². The van der Waals surface area contributed by atoms with E-state index in [9.17, 15) is 14.7 Å². The number of hydrogen-bond donors (Lipinski definition) is 3. The molecule has 9 heteroatoms. The number of allylic oxidation sites excluding steroid dienone is 3. The SMILES string of the molecule is COc1ccc([C@@H](CC(=O)O)N2CCN(CCCC3=CC=C4CCCNC4N3)C2=O)cn1. The van der Waals surface area contributed by atoms with Crippen LogP contribution in [0.4, 0.5) is 4.79 Å². The van der Waals surface area contributed by atoms with Gasteiger partial charge in [-0.05, 0) is 49.4 Å². The summed E-state index contributed by atoms with van der Waals surface area (Å²) >= 11 is 0. The van der Waals surface area contributed by atoms with Crippen molar-refractivity contribution >= 4 is 12.0 Å². The fraction of sp³-hybridized carbons (Fsp3) is 0.522. The van der Waals surface area contributed by atoms with Gasteiger partial charge in [-0.2, -0.15) is 0 Å². The molecule has 172 valence electrons. The third-order valence-electron chi connectivity index (χ3n) is 6.29. The molecule has 0 aromatic carbocycles. The minimum atomic E-state index is -0.948. The Morgan fingerprint density at radius 3 is 2.97 bits per heavy atom. The van der Waals surface area contributed by atoms with Gasteiger partial charge in [0.15, 0.2) is 0 Å². The highest BCUT2D eigenvalue weighted by molar-refractivity contribution is 5.78. The smallest absolute Gasteiger partial charge is 0.320 e. The molecule has 2 fully saturated rings. The van der Waals surface area contributed by atoms with Crippen molar-refractivity contribution in [2.24, 2.45) is 0 Å². The van der Waals surface area contributed by atoms with Gasteiger partial charge < -0.3 is 25.0 Å². The number of pyridine rings is 1. The lowest BCUT2D eigenvalue weighted by Gasteiger charge is -2.32. The van der Waals surface area contributed by atoms with Crippen LogP contribution in [0.2, 0.25) is 0 Å². The third-order valence-corrected chi connectivity index (χ3v) is 6.29. The molecule has 4 rings (SSSR count). The van der Waals surface area contributed by atoms with Crippen molar-refractivity contribution < 1.29 is 19.4 Å². The second kappa shape index (κ2) is 10.0. The lowest BCUT2D eigenvalue weighted by molar-refractivity contribution is -0.138. The van der Waals surface area contributed by atoms with E-state index in [1.807, 2.05) is 4.90 Å². The van der Waals surface area contributed by atoms with Crippen LogP contribution in [0.3, 0.4) is 0 Å². The molecule has 3 aliphatic heterocycles. The van der Waals surface area contributed by atoms with Crippen LogP contribution >= 0.6 is 0 Å². The van der Waals surface area contributed by atoms with E-state index in [0.29, 0.717) is 31.1 Å². The van der Waals surface area contributed by atoms with Crippen LogP contribution in [0, 0.1) is 0 Å². The van der Waals surface area contributed by atoms with E-state index in [1.54, 1.807) is 23.2 Å². The molecule has 1 unspecified atom stereocenters. The first-order valence-electron chi connectivity index (χ1n) is 11.2. The van der Waals surface area contributed by atoms with E-state index in [4.69, 9.17) is 4.74 Å². The fourth-order valence-electron chi connectivity index (χ4n) is 4.58. The number of nitrogens with one attached hydrogen (secondary N) is 2. The van der Waals surface area contributed by atoms with Gasteiger partial charge in [0.1, 0.15) is 0 Å². The number of aliphatic carboxylic acids is 1. The summed E-state index contributed by atoms with van der Waals surface area (Å²) in [5, 5.41) is 16.5. The summed E-state index contributed by atoms with van der Waals surface area (Å²) in [7, 11) is 1.53. The average molecular weight is 442 g/mol. The van der Waals surface area contributed by atoms with E-state index in [-0.39, 0.29) is 18.6 Å². The number of ether oxygens (including phenoxy) is 1. The highest BCUT2D eigenvalue weighted by atomic mass is 16.5. The Morgan fingerprint density at radius 1 is 1.34 bits per heavy atom. The van der Waals surface area contributed by atoms with Gasteiger partial charge in [0.2, 0.25) is 5.88 Å². The number of dihydropyridines is 1. The predicted octanol–water partition coefficient (Wildman–Crippen LogP) is 2.25. The summed E-state index contributed by atoms with van der Waals surface area (Å²) in [4.78, 5) is 32.2. The number of carbonyl (C=O) groups excluding carboxylic acids is 1. The van der Waals surface area contributed by atoms with Crippen LogP contribution < -0.4 is 15.4 Å². The molecule has 2 saturated heterocycles. The summed E-state index contributed by atoms with van der Waals surface area (Å²) in [6.07, 6.45) is 10.1. The molecular formula is C23H31N5O4. The van der Waals surface area contributed by atoms with Gasteiger partial charge in [-0.3, -0.25) is 10.1 Å². The second-order valence-electron chi connectivity index (χ2n) is 8.38. The zero-order chi connectivity index (χ0) is 22.5. The maximum absolute atomic E-state index is 13.1. The van der Waals surface area contributed by atoms with Gasteiger partial charge in [0.25, 0.3) is 0 Å². The highest BCUT2D eigenvalue weighted by Gasteiger charge is 2.35. The highest BCUT2D eigenvalue weighted by Crippen LogP contribution is 2.29. The Morgan fingerprint density at radius 2 is 2.22 bits per heavy atom. The van der Waals surface area contributed by atoms with Gasteiger partial charge in [0.05, 0.1) is 25.7 Å². The lowest BCUT2D eigenvalue weighted by Crippen LogP contribution is -2.47. The number of aromatic nitrogens is 1. The zero-order valence-corrected chi connectivity index (χ0v) is 18.4. The van der Waals surface area contributed by atoms with Crippen molar-refractivity contribution in [3.05, 3.63) is 47.3 Å². The average Bonchev–Trinajstić information content (AvgIpc) is 3.17. The van der Waals surface area contributed by atoms with Gasteiger partial charge in [-0.25, -0.2) is 9.78 Å². The molecule has 0 spiro atoms. The molecule has 2 amide bonds. The van der Waals surface area contributed by atoms with Crippen LogP contribution in [0.1, 0.15) is 43.7 Å². The van der Waals surface area contributed by atoms with E-state index >= 15 is 0 Å². The first-order chi connectivity index (χ1) is 15.5. The number of carboxylic acid groups (broad SMARTS) is 1. The second-order valence-corrected chi connectivity index (χ2v) is 8.38. The van der Waals surface area contributed by atoms with Crippen molar-refractivity contribution in [2.45, 2.75) is 44.3 Å². The zero-order valence-electron chi connectivity index (χ0n) is 18.4. The molecule has 1 aromatic rings. The van der Waals surface area contributed by atoms with Crippen LogP contribution in [0.5, 0.6) is 5.88 Å². The Bertz CT molecular complexity index is 898. The van der Waals surface area contributed by atoms with Crippen LogP contribution in [-0.4, -0.2) is 71.3 Å². The number of methoxy groups -OCH3 is 1. The number of amides is 2. The third kappa shape index (κ3) is 5.04. The lowest BCUT2D eigenvalue weighted by atomic mass is 9.99. The van der Waals surface area contributed by atoms with Crippen molar-refractivity contribution in [1.29, 1.82) is 0 Å². The normalized spacial score (nSPS) is 21.4. The van der Waals surface area contributed by atoms with E-state index in [1.165, 1.54) is 24.8 Å². The Balaban J connectivity index is 1.34. The van der Waals surface area contributed by atoms with Crippen LogP contribution in [0.25, 0.3) is 0 Å². The van der Waals surface area contributed by atoms with Gasteiger partial charge in [-0.15, -0.1) is 0 Å². The summed E-state index contributed by atoms with van der Waals surface area (Å²) < 4.78 is 5.08. The molecule has 3 aliphatic rings. The summed E-state index contributed by atoms with van der Waals surface area (Å²) in [5.74, 6) is -0.496. The summed E-state index contributed by atoms with van der Waals surface area (Å²) in [6.45, 7) is 2.77. The maximum Gasteiger partial charge on any atom is 0.320 e. The molecular weight excluding hydrogens is 410 g/mol. The van der Waals surface area contributed by atoms with Crippen LogP contribution in [-0.2, 0) is 4.79 Å². The Hall–Kier alpha value is -3.07.